The molecule has 72 valence electrons. The van der Waals surface area contributed by atoms with Gasteiger partial charge < -0.3 is 10.0 Å². The van der Waals surface area contributed by atoms with Crippen molar-refractivity contribution in [3.05, 3.63) is 29.8 Å². The predicted octanol–water partition coefficient (Wildman–Crippen LogP) is 0.859. The molecule has 1 aromatic heterocycles. The maximum Gasteiger partial charge on any atom is 0.499 e. The maximum atomic E-state index is 13.1. The highest BCUT2D eigenvalue weighted by molar-refractivity contribution is 7.27. The number of benzene rings is 1. The first-order chi connectivity index (χ1) is 6.58. The maximum absolute atomic E-state index is 13.1. The number of rotatable bonds is 1. The third kappa shape index (κ3) is 1.52. The Morgan fingerprint density at radius 2 is 1.86 bits per heavy atom. The smallest absolute Gasteiger partial charge is 0.423 e. The fourth-order valence-corrected chi connectivity index (χ4v) is 2.14. The molecule has 0 saturated heterocycles. The molecule has 2 aromatic rings. The molecule has 0 spiro atoms. The standard InChI is InChI=1S/C8H5BF2O2S/c10-5-1-4-2-7(9(12)13)14-8(4)6(11)3-5/h1-3,12-13H. The van der Waals surface area contributed by atoms with Crippen molar-refractivity contribution in [2.24, 2.45) is 0 Å². The van der Waals surface area contributed by atoms with Gasteiger partial charge in [0.25, 0.3) is 0 Å². The molecule has 0 fully saturated rings. The molecule has 0 amide bonds. The highest BCUT2D eigenvalue weighted by Gasteiger charge is 2.16. The first-order valence-electron chi connectivity index (χ1n) is 3.82. The van der Waals surface area contributed by atoms with Gasteiger partial charge in [-0.25, -0.2) is 8.78 Å². The fourth-order valence-electron chi connectivity index (χ4n) is 1.22. The van der Waals surface area contributed by atoms with Gasteiger partial charge in [0.2, 0.25) is 0 Å². The van der Waals surface area contributed by atoms with Gasteiger partial charge in [-0.3, -0.25) is 0 Å². The van der Waals surface area contributed by atoms with E-state index >= 15 is 0 Å². The van der Waals surface area contributed by atoms with Crippen molar-refractivity contribution in [1.29, 1.82) is 0 Å². The molecule has 2 nitrogen and oxygen atoms in total. The van der Waals surface area contributed by atoms with E-state index in [0.29, 0.717) is 5.39 Å². The van der Waals surface area contributed by atoms with Crippen LogP contribution in [0.2, 0.25) is 0 Å². The van der Waals surface area contributed by atoms with Crippen LogP contribution in [-0.2, 0) is 0 Å². The molecule has 0 aliphatic carbocycles. The van der Waals surface area contributed by atoms with Crippen molar-refractivity contribution in [3.63, 3.8) is 0 Å². The van der Waals surface area contributed by atoms with Crippen LogP contribution >= 0.6 is 11.3 Å². The van der Waals surface area contributed by atoms with Crippen molar-refractivity contribution in [1.82, 2.24) is 0 Å². The molecule has 6 heteroatoms. The quantitative estimate of drug-likeness (QED) is 0.691. The average Bonchev–Trinajstić information content (AvgIpc) is 2.47. The van der Waals surface area contributed by atoms with E-state index in [1.807, 2.05) is 0 Å². The summed E-state index contributed by atoms with van der Waals surface area (Å²) in [4.78, 5) is 0. The molecule has 0 radical (unpaired) electrons. The Hall–Kier alpha value is -0.975. The van der Waals surface area contributed by atoms with Crippen LogP contribution in [0.25, 0.3) is 10.1 Å². The summed E-state index contributed by atoms with van der Waals surface area (Å²) in [6, 6.07) is 3.28. The summed E-state index contributed by atoms with van der Waals surface area (Å²) in [6.45, 7) is 0. The first kappa shape index (κ1) is 9.58. The third-order valence-corrected chi connectivity index (χ3v) is 3.01. The van der Waals surface area contributed by atoms with Crippen molar-refractivity contribution in [2.75, 3.05) is 0 Å². The minimum absolute atomic E-state index is 0.199. The van der Waals surface area contributed by atoms with Crippen LogP contribution in [0, 0.1) is 11.6 Å². The molecule has 2 rings (SSSR count). The van der Waals surface area contributed by atoms with Gasteiger partial charge >= 0.3 is 7.12 Å². The lowest BCUT2D eigenvalue weighted by molar-refractivity contribution is 0.427. The molecule has 14 heavy (non-hydrogen) atoms. The lowest BCUT2D eigenvalue weighted by Gasteiger charge is -1.91. The molecule has 0 atom stereocenters. The van der Waals surface area contributed by atoms with Gasteiger partial charge in [-0.15, -0.1) is 11.3 Å². The SMILES string of the molecule is OB(O)c1cc2cc(F)cc(F)c2s1. The number of fused-ring (bicyclic) bond motifs is 1. The summed E-state index contributed by atoms with van der Waals surface area (Å²) >= 11 is 0.899. The van der Waals surface area contributed by atoms with Gasteiger partial charge in [-0.2, -0.15) is 0 Å². The molecule has 0 aliphatic heterocycles. The number of halogens is 2. The molecule has 0 aliphatic rings. The van der Waals surface area contributed by atoms with Gasteiger partial charge in [-0.05, 0) is 17.5 Å². The Kier molecular flexibility index (Phi) is 2.26. The van der Waals surface area contributed by atoms with Gasteiger partial charge in [0.05, 0.1) is 4.70 Å². The number of hydrogen-bond acceptors (Lipinski definition) is 3. The Balaban J connectivity index is 2.70. The highest BCUT2D eigenvalue weighted by Crippen LogP contribution is 2.23. The molecule has 2 N–H and O–H groups in total. The van der Waals surface area contributed by atoms with Crippen LogP contribution in [0.5, 0.6) is 0 Å². The number of hydrogen-bond donors (Lipinski definition) is 2. The summed E-state index contributed by atoms with van der Waals surface area (Å²) in [5, 5.41) is 18.0. The lowest BCUT2D eigenvalue weighted by atomic mass is 9.89. The van der Waals surface area contributed by atoms with E-state index in [2.05, 4.69) is 0 Å². The largest absolute Gasteiger partial charge is 0.499 e. The number of thiophene rings is 1. The lowest BCUT2D eigenvalue weighted by Crippen LogP contribution is -2.26. The monoisotopic (exact) mass is 214 g/mol. The predicted molar refractivity (Wildman–Crippen MR) is 51.6 cm³/mol. The van der Waals surface area contributed by atoms with Crippen LogP contribution in [0.1, 0.15) is 0 Å². The molecule has 0 bridgehead atoms. The molecular formula is C8H5BF2O2S. The van der Waals surface area contributed by atoms with E-state index in [0.717, 1.165) is 23.5 Å². The Morgan fingerprint density at radius 3 is 2.50 bits per heavy atom. The Bertz CT molecular complexity index is 483. The van der Waals surface area contributed by atoms with Crippen molar-refractivity contribution < 1.29 is 18.8 Å². The topological polar surface area (TPSA) is 40.5 Å². The Morgan fingerprint density at radius 1 is 1.14 bits per heavy atom. The van der Waals surface area contributed by atoms with Crippen LogP contribution in [0.15, 0.2) is 18.2 Å². The van der Waals surface area contributed by atoms with Crippen molar-refractivity contribution >= 4 is 33.3 Å². The normalized spacial score (nSPS) is 10.9. The van der Waals surface area contributed by atoms with E-state index in [4.69, 9.17) is 10.0 Å². The first-order valence-corrected chi connectivity index (χ1v) is 4.64. The third-order valence-electron chi connectivity index (χ3n) is 1.81. The van der Waals surface area contributed by atoms with E-state index in [-0.39, 0.29) is 9.48 Å². The highest BCUT2D eigenvalue weighted by atomic mass is 32.1. The molecular weight excluding hydrogens is 209 g/mol. The van der Waals surface area contributed by atoms with Crippen LogP contribution in [0.3, 0.4) is 0 Å². The summed E-state index contributed by atoms with van der Waals surface area (Å²) in [7, 11) is -1.64. The average molecular weight is 214 g/mol. The van der Waals surface area contributed by atoms with E-state index in [1.165, 1.54) is 6.07 Å². The second-order valence-electron chi connectivity index (χ2n) is 2.83. The zero-order valence-electron chi connectivity index (χ0n) is 6.87. The summed E-state index contributed by atoms with van der Waals surface area (Å²) in [5.41, 5.74) is 0. The zero-order chi connectivity index (χ0) is 10.3. The van der Waals surface area contributed by atoms with Gasteiger partial charge in [0, 0.05) is 10.8 Å². The van der Waals surface area contributed by atoms with E-state index in [9.17, 15) is 8.78 Å². The minimum atomic E-state index is -1.64. The summed E-state index contributed by atoms with van der Waals surface area (Å²) in [6.07, 6.45) is 0. The van der Waals surface area contributed by atoms with Gasteiger partial charge in [-0.1, -0.05) is 0 Å². The van der Waals surface area contributed by atoms with Crippen molar-refractivity contribution in [2.45, 2.75) is 0 Å². The molecule has 0 unspecified atom stereocenters. The van der Waals surface area contributed by atoms with E-state index in [1.54, 1.807) is 0 Å². The molecule has 1 heterocycles. The van der Waals surface area contributed by atoms with Crippen LogP contribution in [-0.4, -0.2) is 17.2 Å². The van der Waals surface area contributed by atoms with Crippen LogP contribution < -0.4 is 4.78 Å². The zero-order valence-corrected chi connectivity index (χ0v) is 7.68. The second kappa shape index (κ2) is 3.31. The second-order valence-corrected chi connectivity index (χ2v) is 3.91. The summed E-state index contributed by atoms with van der Waals surface area (Å²) < 4.78 is 26.3. The van der Waals surface area contributed by atoms with Crippen LogP contribution in [0.4, 0.5) is 8.78 Å². The summed E-state index contributed by atoms with van der Waals surface area (Å²) in [5.74, 6) is -1.36. The van der Waals surface area contributed by atoms with Gasteiger partial charge in [0.1, 0.15) is 11.6 Å². The fraction of sp³-hybridized carbons (Fsp3) is 0. The Labute approximate surface area is 82.6 Å². The molecule has 1 aromatic carbocycles. The van der Waals surface area contributed by atoms with E-state index < -0.39 is 18.8 Å². The van der Waals surface area contributed by atoms with Gasteiger partial charge in [0.15, 0.2) is 0 Å². The molecule has 0 saturated carbocycles. The van der Waals surface area contributed by atoms with Crippen molar-refractivity contribution in [3.8, 4) is 0 Å². The minimum Gasteiger partial charge on any atom is -0.423 e.